The van der Waals surface area contributed by atoms with Crippen LogP contribution in [-0.4, -0.2) is 6.61 Å². The number of nitriles is 1. The van der Waals surface area contributed by atoms with Crippen LogP contribution in [0.4, 0.5) is 0 Å². The summed E-state index contributed by atoms with van der Waals surface area (Å²) >= 11 is 0. The lowest BCUT2D eigenvalue weighted by Crippen LogP contribution is -2.00. The number of allylic oxidation sites excluding steroid dienone is 1. The topological polar surface area (TPSA) is 33.0 Å². The van der Waals surface area contributed by atoms with Crippen LogP contribution in [0, 0.1) is 11.3 Å². The number of hydrogen-bond donors (Lipinski definition) is 0. The number of nitrogens with zero attached hydrogens (tertiary/aromatic N) is 1. The van der Waals surface area contributed by atoms with Crippen molar-refractivity contribution in [1.82, 2.24) is 0 Å². The zero-order chi connectivity index (χ0) is 9.80. The fourth-order valence-corrected chi connectivity index (χ4v) is 1.50. The molecule has 2 rings (SSSR count). The van der Waals surface area contributed by atoms with Gasteiger partial charge in [0.2, 0.25) is 0 Å². The van der Waals surface area contributed by atoms with Crippen LogP contribution in [0.2, 0.25) is 0 Å². The van der Waals surface area contributed by atoms with Crippen molar-refractivity contribution in [2.24, 2.45) is 0 Å². The van der Waals surface area contributed by atoms with Crippen LogP contribution in [0.5, 0.6) is 0 Å². The normalized spacial score (nSPS) is 15.2. The first-order valence-electron chi connectivity index (χ1n) is 4.73. The van der Waals surface area contributed by atoms with Gasteiger partial charge in [-0.15, -0.1) is 0 Å². The van der Waals surface area contributed by atoms with Crippen molar-refractivity contribution >= 4 is 5.76 Å². The second-order valence-electron chi connectivity index (χ2n) is 3.25. The summed E-state index contributed by atoms with van der Waals surface area (Å²) in [7, 11) is 0. The molecule has 2 nitrogen and oxygen atoms in total. The molecule has 0 aliphatic carbocycles. The van der Waals surface area contributed by atoms with Gasteiger partial charge < -0.3 is 4.74 Å². The Morgan fingerprint density at radius 3 is 3.00 bits per heavy atom. The summed E-state index contributed by atoms with van der Waals surface area (Å²) in [5, 5.41) is 8.75. The molecule has 14 heavy (non-hydrogen) atoms. The molecule has 0 unspecified atom stereocenters. The third-order valence-corrected chi connectivity index (χ3v) is 2.21. The highest BCUT2D eigenvalue weighted by molar-refractivity contribution is 5.61. The molecule has 0 saturated carbocycles. The van der Waals surface area contributed by atoms with Gasteiger partial charge in [-0.05, 0) is 31.1 Å². The Morgan fingerprint density at radius 1 is 1.36 bits per heavy atom. The van der Waals surface area contributed by atoms with Gasteiger partial charge in [0.05, 0.1) is 18.2 Å². The molecule has 0 aromatic heterocycles. The Bertz CT molecular complexity index is 401. The van der Waals surface area contributed by atoms with Gasteiger partial charge in [0.15, 0.2) is 0 Å². The van der Waals surface area contributed by atoms with Gasteiger partial charge in [-0.25, -0.2) is 0 Å². The number of benzene rings is 1. The number of hydrogen-bond acceptors (Lipinski definition) is 2. The predicted molar refractivity (Wildman–Crippen MR) is 54.3 cm³/mol. The van der Waals surface area contributed by atoms with Crippen molar-refractivity contribution < 1.29 is 4.74 Å². The van der Waals surface area contributed by atoms with Crippen molar-refractivity contribution in [2.75, 3.05) is 6.61 Å². The summed E-state index contributed by atoms with van der Waals surface area (Å²) in [5.74, 6) is 0.911. The van der Waals surface area contributed by atoms with E-state index in [0.29, 0.717) is 5.56 Å². The summed E-state index contributed by atoms with van der Waals surface area (Å²) in [4.78, 5) is 0. The van der Waals surface area contributed by atoms with Crippen molar-refractivity contribution in [1.29, 1.82) is 5.26 Å². The Hall–Kier alpha value is -1.75. The lowest BCUT2D eigenvalue weighted by Gasteiger charge is -2.14. The highest BCUT2D eigenvalue weighted by Gasteiger charge is 2.07. The van der Waals surface area contributed by atoms with Gasteiger partial charge in [-0.3, -0.25) is 0 Å². The van der Waals surface area contributed by atoms with E-state index in [9.17, 15) is 0 Å². The molecule has 0 saturated heterocycles. The highest BCUT2D eigenvalue weighted by Crippen LogP contribution is 2.21. The van der Waals surface area contributed by atoms with E-state index in [1.807, 2.05) is 18.2 Å². The van der Waals surface area contributed by atoms with Crippen LogP contribution in [0.25, 0.3) is 5.76 Å². The zero-order valence-corrected chi connectivity index (χ0v) is 7.86. The maximum atomic E-state index is 8.75. The molecular formula is C12H11NO. The van der Waals surface area contributed by atoms with Crippen molar-refractivity contribution in [3.05, 3.63) is 41.5 Å². The van der Waals surface area contributed by atoms with E-state index >= 15 is 0 Å². The highest BCUT2D eigenvalue weighted by atomic mass is 16.5. The van der Waals surface area contributed by atoms with Crippen molar-refractivity contribution in [2.45, 2.75) is 12.8 Å². The monoisotopic (exact) mass is 185 g/mol. The minimum atomic E-state index is 0.678. The predicted octanol–water partition coefficient (Wildman–Crippen LogP) is 2.71. The van der Waals surface area contributed by atoms with Crippen LogP contribution >= 0.6 is 0 Å². The molecule has 0 spiro atoms. The van der Waals surface area contributed by atoms with Gasteiger partial charge >= 0.3 is 0 Å². The average Bonchev–Trinajstić information content (AvgIpc) is 2.30. The Morgan fingerprint density at radius 2 is 2.29 bits per heavy atom. The Labute approximate surface area is 83.4 Å². The van der Waals surface area contributed by atoms with Crippen LogP contribution < -0.4 is 0 Å². The zero-order valence-electron chi connectivity index (χ0n) is 7.86. The number of rotatable bonds is 1. The van der Waals surface area contributed by atoms with Gasteiger partial charge in [0.25, 0.3) is 0 Å². The lowest BCUT2D eigenvalue weighted by atomic mass is 10.1. The third-order valence-electron chi connectivity index (χ3n) is 2.21. The molecule has 2 heteroatoms. The van der Waals surface area contributed by atoms with E-state index in [2.05, 4.69) is 12.1 Å². The molecule has 0 bridgehead atoms. The molecule has 1 aromatic carbocycles. The van der Waals surface area contributed by atoms with E-state index in [1.165, 1.54) is 0 Å². The van der Waals surface area contributed by atoms with Gasteiger partial charge in [-0.1, -0.05) is 12.1 Å². The molecule has 1 aliphatic heterocycles. The van der Waals surface area contributed by atoms with Crippen LogP contribution in [0.1, 0.15) is 24.0 Å². The first-order valence-corrected chi connectivity index (χ1v) is 4.73. The summed E-state index contributed by atoms with van der Waals surface area (Å²) < 4.78 is 5.52. The van der Waals surface area contributed by atoms with E-state index in [4.69, 9.17) is 10.00 Å². The molecular weight excluding hydrogens is 174 g/mol. The molecule has 0 N–H and O–H groups in total. The second kappa shape index (κ2) is 3.97. The lowest BCUT2D eigenvalue weighted by molar-refractivity contribution is 0.259. The summed E-state index contributed by atoms with van der Waals surface area (Å²) in [6.45, 7) is 0.780. The fraction of sp³-hybridized carbons (Fsp3) is 0.250. The standard InChI is InChI=1S/C12H11NO/c13-9-10-4-3-5-11(8-10)12-6-1-2-7-14-12/h3-6,8H,1-2,7H2. The van der Waals surface area contributed by atoms with Gasteiger partial charge in [0.1, 0.15) is 5.76 Å². The SMILES string of the molecule is N#Cc1cccc(C2=CCCCO2)c1. The molecule has 0 amide bonds. The summed E-state index contributed by atoms with van der Waals surface area (Å²) in [6, 6.07) is 9.63. The Balaban J connectivity index is 2.32. The average molecular weight is 185 g/mol. The maximum Gasteiger partial charge on any atom is 0.122 e. The van der Waals surface area contributed by atoms with E-state index < -0.39 is 0 Å². The quantitative estimate of drug-likeness (QED) is 0.674. The second-order valence-corrected chi connectivity index (χ2v) is 3.25. The maximum absolute atomic E-state index is 8.75. The number of ether oxygens (including phenoxy) is 1. The first kappa shape index (κ1) is 8.83. The van der Waals surface area contributed by atoms with Gasteiger partial charge in [-0.2, -0.15) is 5.26 Å². The van der Waals surface area contributed by atoms with Crippen molar-refractivity contribution in [3.8, 4) is 6.07 Å². The minimum absolute atomic E-state index is 0.678. The molecule has 1 heterocycles. The third kappa shape index (κ3) is 1.77. The molecule has 0 atom stereocenters. The smallest absolute Gasteiger partial charge is 0.122 e. The van der Waals surface area contributed by atoms with E-state index in [-0.39, 0.29) is 0 Å². The minimum Gasteiger partial charge on any atom is -0.493 e. The van der Waals surface area contributed by atoms with E-state index in [0.717, 1.165) is 30.8 Å². The van der Waals surface area contributed by atoms with E-state index in [1.54, 1.807) is 6.07 Å². The molecule has 0 radical (unpaired) electrons. The Kier molecular flexibility index (Phi) is 2.51. The molecule has 0 fully saturated rings. The largest absolute Gasteiger partial charge is 0.493 e. The molecule has 1 aromatic rings. The van der Waals surface area contributed by atoms with Crippen LogP contribution in [-0.2, 0) is 4.74 Å². The first-order chi connectivity index (χ1) is 6.90. The van der Waals surface area contributed by atoms with Crippen LogP contribution in [0.3, 0.4) is 0 Å². The molecule has 70 valence electrons. The summed E-state index contributed by atoms with van der Waals surface area (Å²) in [5.41, 5.74) is 1.68. The summed E-state index contributed by atoms with van der Waals surface area (Å²) in [6.07, 6.45) is 4.23. The molecule has 1 aliphatic rings. The van der Waals surface area contributed by atoms with Gasteiger partial charge in [0, 0.05) is 5.56 Å². The van der Waals surface area contributed by atoms with Crippen LogP contribution in [0.15, 0.2) is 30.3 Å². The van der Waals surface area contributed by atoms with Crippen molar-refractivity contribution in [3.63, 3.8) is 0 Å². The fourth-order valence-electron chi connectivity index (χ4n) is 1.50.